The van der Waals surface area contributed by atoms with Crippen LogP contribution in [0.2, 0.25) is 0 Å². The van der Waals surface area contributed by atoms with E-state index in [1.54, 1.807) is 6.08 Å². The molecule has 1 amide bonds. The van der Waals surface area contributed by atoms with Gasteiger partial charge in [0.1, 0.15) is 5.75 Å². The van der Waals surface area contributed by atoms with Crippen LogP contribution in [0.3, 0.4) is 0 Å². The molecule has 2 heterocycles. The van der Waals surface area contributed by atoms with Crippen LogP contribution in [-0.4, -0.2) is 48.5 Å². The van der Waals surface area contributed by atoms with Crippen LogP contribution >= 0.6 is 0 Å². The van der Waals surface area contributed by atoms with E-state index in [0.717, 1.165) is 57.1 Å². The summed E-state index contributed by atoms with van der Waals surface area (Å²) >= 11 is 0. The standard InChI is InChI=1S/C23H26N2O2/c1-18-3-2-4-20(15-18)17-24-10-12-25(13-11-24)23(26)8-6-19-5-7-22-21(16-19)9-14-27-22/h2-8,15-16H,9-14,17H2,1H3/b8-6+. The van der Waals surface area contributed by atoms with E-state index >= 15 is 0 Å². The van der Waals surface area contributed by atoms with Gasteiger partial charge in [-0.25, -0.2) is 0 Å². The molecule has 0 aromatic heterocycles. The zero-order chi connectivity index (χ0) is 18.6. The molecule has 2 aromatic carbocycles. The number of carbonyl (C=O) groups excluding carboxylic acids is 1. The third-order valence-corrected chi connectivity index (χ3v) is 5.30. The van der Waals surface area contributed by atoms with Gasteiger partial charge in [-0.3, -0.25) is 9.69 Å². The van der Waals surface area contributed by atoms with Gasteiger partial charge in [0.15, 0.2) is 0 Å². The summed E-state index contributed by atoms with van der Waals surface area (Å²) in [7, 11) is 0. The van der Waals surface area contributed by atoms with Crippen molar-refractivity contribution in [1.29, 1.82) is 0 Å². The van der Waals surface area contributed by atoms with Gasteiger partial charge in [0.05, 0.1) is 6.61 Å². The molecule has 0 N–H and O–H groups in total. The van der Waals surface area contributed by atoms with Crippen molar-refractivity contribution in [2.75, 3.05) is 32.8 Å². The first-order valence-electron chi connectivity index (χ1n) is 9.68. The first-order chi connectivity index (χ1) is 13.2. The van der Waals surface area contributed by atoms with Crippen LogP contribution < -0.4 is 4.74 Å². The van der Waals surface area contributed by atoms with Crippen LogP contribution in [0.5, 0.6) is 5.75 Å². The van der Waals surface area contributed by atoms with E-state index in [4.69, 9.17) is 4.74 Å². The second-order valence-corrected chi connectivity index (χ2v) is 7.39. The normalized spacial score (nSPS) is 17.1. The van der Waals surface area contributed by atoms with Crippen LogP contribution in [0.4, 0.5) is 0 Å². The summed E-state index contributed by atoms with van der Waals surface area (Å²) in [6, 6.07) is 14.8. The predicted octanol–water partition coefficient (Wildman–Crippen LogP) is 3.29. The second-order valence-electron chi connectivity index (χ2n) is 7.39. The van der Waals surface area contributed by atoms with Gasteiger partial charge in [-0.05, 0) is 41.8 Å². The molecule has 4 nitrogen and oxygen atoms in total. The highest BCUT2D eigenvalue weighted by Gasteiger charge is 2.19. The molecule has 0 saturated carbocycles. The molecule has 1 saturated heterocycles. The van der Waals surface area contributed by atoms with E-state index < -0.39 is 0 Å². The fourth-order valence-electron chi connectivity index (χ4n) is 3.78. The summed E-state index contributed by atoms with van der Waals surface area (Å²) in [5.74, 6) is 1.07. The zero-order valence-corrected chi connectivity index (χ0v) is 15.9. The number of ether oxygens (including phenoxy) is 1. The van der Waals surface area contributed by atoms with E-state index in [9.17, 15) is 4.79 Å². The lowest BCUT2D eigenvalue weighted by Crippen LogP contribution is -2.47. The molecule has 4 heteroatoms. The van der Waals surface area contributed by atoms with E-state index in [1.165, 1.54) is 16.7 Å². The monoisotopic (exact) mass is 362 g/mol. The summed E-state index contributed by atoms with van der Waals surface area (Å²) in [6.07, 6.45) is 4.57. The first kappa shape index (κ1) is 17.8. The van der Waals surface area contributed by atoms with Crippen molar-refractivity contribution >= 4 is 12.0 Å². The van der Waals surface area contributed by atoms with Crippen molar-refractivity contribution in [3.05, 3.63) is 70.8 Å². The molecule has 2 aliphatic heterocycles. The molecule has 0 unspecified atom stereocenters. The molecule has 0 aliphatic carbocycles. The van der Waals surface area contributed by atoms with Gasteiger partial charge in [-0.2, -0.15) is 0 Å². The lowest BCUT2D eigenvalue weighted by molar-refractivity contribution is -0.127. The number of nitrogens with zero attached hydrogens (tertiary/aromatic N) is 2. The van der Waals surface area contributed by atoms with E-state index in [1.807, 2.05) is 23.1 Å². The van der Waals surface area contributed by atoms with Crippen LogP contribution in [0.1, 0.15) is 22.3 Å². The average molecular weight is 362 g/mol. The minimum absolute atomic E-state index is 0.0990. The molecule has 0 atom stereocenters. The highest BCUT2D eigenvalue weighted by Crippen LogP contribution is 2.26. The summed E-state index contributed by atoms with van der Waals surface area (Å²) in [6.45, 7) is 7.25. The Morgan fingerprint density at radius 2 is 1.96 bits per heavy atom. The Labute approximate surface area is 161 Å². The smallest absolute Gasteiger partial charge is 0.246 e. The number of amides is 1. The van der Waals surface area contributed by atoms with Gasteiger partial charge >= 0.3 is 0 Å². The topological polar surface area (TPSA) is 32.8 Å². The maximum Gasteiger partial charge on any atom is 0.246 e. The molecule has 4 rings (SSSR count). The van der Waals surface area contributed by atoms with Gasteiger partial charge in [0, 0.05) is 45.2 Å². The lowest BCUT2D eigenvalue weighted by atomic mass is 10.1. The largest absolute Gasteiger partial charge is 0.493 e. The number of rotatable bonds is 4. The zero-order valence-electron chi connectivity index (χ0n) is 15.9. The van der Waals surface area contributed by atoms with Crippen molar-refractivity contribution in [3.63, 3.8) is 0 Å². The van der Waals surface area contributed by atoms with Gasteiger partial charge in [0.2, 0.25) is 5.91 Å². The quantitative estimate of drug-likeness (QED) is 0.783. The maximum atomic E-state index is 12.5. The fraction of sp³-hybridized carbons (Fsp3) is 0.348. The van der Waals surface area contributed by atoms with Crippen LogP contribution in [0, 0.1) is 6.92 Å². The SMILES string of the molecule is Cc1cccc(CN2CCN(C(=O)/C=C/c3ccc4c(c3)CCO4)CC2)c1. The minimum atomic E-state index is 0.0990. The molecule has 0 spiro atoms. The van der Waals surface area contributed by atoms with E-state index in [0.29, 0.717) is 0 Å². The minimum Gasteiger partial charge on any atom is -0.493 e. The number of carbonyl (C=O) groups is 1. The Balaban J connectivity index is 1.29. The molecule has 1 fully saturated rings. The molecule has 0 bridgehead atoms. The Kier molecular flexibility index (Phi) is 5.26. The van der Waals surface area contributed by atoms with Crippen molar-refractivity contribution < 1.29 is 9.53 Å². The summed E-state index contributed by atoms with van der Waals surface area (Å²) < 4.78 is 5.53. The van der Waals surface area contributed by atoms with Crippen LogP contribution in [0.25, 0.3) is 6.08 Å². The lowest BCUT2D eigenvalue weighted by Gasteiger charge is -2.34. The molecule has 140 valence electrons. The molecular formula is C23H26N2O2. The summed E-state index contributed by atoms with van der Waals surface area (Å²) in [5.41, 5.74) is 4.93. The number of piperazine rings is 1. The van der Waals surface area contributed by atoms with Crippen molar-refractivity contribution in [2.24, 2.45) is 0 Å². The first-order valence-corrected chi connectivity index (χ1v) is 9.68. The average Bonchev–Trinajstić information content (AvgIpc) is 3.14. The Morgan fingerprint density at radius 1 is 1.11 bits per heavy atom. The van der Waals surface area contributed by atoms with Crippen LogP contribution in [0.15, 0.2) is 48.5 Å². The molecule has 2 aromatic rings. The molecule has 2 aliphatic rings. The van der Waals surface area contributed by atoms with Gasteiger partial charge in [-0.15, -0.1) is 0 Å². The summed E-state index contributed by atoms with van der Waals surface area (Å²) in [4.78, 5) is 16.9. The Morgan fingerprint density at radius 3 is 2.78 bits per heavy atom. The fourth-order valence-corrected chi connectivity index (χ4v) is 3.78. The van der Waals surface area contributed by atoms with Gasteiger partial charge in [0.25, 0.3) is 0 Å². The second kappa shape index (κ2) is 7.97. The third kappa shape index (κ3) is 4.40. The maximum absolute atomic E-state index is 12.5. The number of aryl methyl sites for hydroxylation is 1. The van der Waals surface area contributed by atoms with Crippen molar-refractivity contribution in [3.8, 4) is 5.75 Å². The highest BCUT2D eigenvalue weighted by molar-refractivity contribution is 5.91. The highest BCUT2D eigenvalue weighted by atomic mass is 16.5. The predicted molar refractivity (Wildman–Crippen MR) is 108 cm³/mol. The number of fused-ring (bicyclic) bond motifs is 1. The van der Waals surface area contributed by atoms with Gasteiger partial charge in [-0.1, -0.05) is 35.9 Å². The Hall–Kier alpha value is -2.59. The molecule has 27 heavy (non-hydrogen) atoms. The number of hydrogen-bond acceptors (Lipinski definition) is 3. The number of benzene rings is 2. The Bertz CT molecular complexity index is 851. The van der Waals surface area contributed by atoms with E-state index in [-0.39, 0.29) is 5.91 Å². The number of hydrogen-bond donors (Lipinski definition) is 0. The van der Waals surface area contributed by atoms with Crippen LogP contribution in [-0.2, 0) is 17.8 Å². The van der Waals surface area contributed by atoms with Crippen molar-refractivity contribution in [2.45, 2.75) is 19.9 Å². The summed E-state index contributed by atoms with van der Waals surface area (Å²) in [5, 5.41) is 0. The molecule has 0 radical (unpaired) electrons. The molecular weight excluding hydrogens is 336 g/mol. The van der Waals surface area contributed by atoms with Crippen molar-refractivity contribution in [1.82, 2.24) is 9.80 Å². The third-order valence-electron chi connectivity index (χ3n) is 5.30. The van der Waals surface area contributed by atoms with E-state index in [2.05, 4.69) is 42.2 Å². The van der Waals surface area contributed by atoms with Gasteiger partial charge < -0.3 is 9.64 Å².